The molecule has 5 nitrogen and oxygen atoms in total. The van der Waals surface area contributed by atoms with Gasteiger partial charge in [0, 0.05) is 19.6 Å². The van der Waals surface area contributed by atoms with Crippen LogP contribution in [0.1, 0.15) is 17.8 Å². The summed E-state index contributed by atoms with van der Waals surface area (Å²) in [5.74, 6) is 0.509. The Kier molecular flexibility index (Phi) is 3.51. The van der Waals surface area contributed by atoms with Crippen LogP contribution in [-0.2, 0) is 4.74 Å². The highest BCUT2D eigenvalue weighted by Gasteiger charge is 2.32. The molecule has 2 rings (SSSR count). The van der Waals surface area contributed by atoms with Crippen LogP contribution in [0.3, 0.4) is 0 Å². The molecule has 1 atom stereocenters. The van der Waals surface area contributed by atoms with Gasteiger partial charge in [0.2, 0.25) is 0 Å². The summed E-state index contributed by atoms with van der Waals surface area (Å²) in [6, 6.07) is 0. The first-order valence-electron chi connectivity index (χ1n) is 5.55. The van der Waals surface area contributed by atoms with Crippen molar-refractivity contribution in [3.05, 3.63) is 16.5 Å². The number of rotatable bonds is 3. The van der Waals surface area contributed by atoms with Gasteiger partial charge in [-0.1, -0.05) is 11.6 Å². The molecule has 2 N–H and O–H groups in total. The SMILES string of the molecule is Cc1nc(Cl)c(NCC2(O)CCOC2)nc1C. The Bertz CT molecular complexity index is 419. The van der Waals surface area contributed by atoms with E-state index in [-0.39, 0.29) is 0 Å². The highest BCUT2D eigenvalue weighted by Crippen LogP contribution is 2.22. The molecule has 0 bridgehead atoms. The van der Waals surface area contributed by atoms with E-state index < -0.39 is 5.60 Å². The number of nitrogens with one attached hydrogen (secondary N) is 1. The van der Waals surface area contributed by atoms with Crippen LogP contribution >= 0.6 is 11.6 Å². The first-order chi connectivity index (χ1) is 8.00. The summed E-state index contributed by atoms with van der Waals surface area (Å²) in [6.45, 7) is 5.03. The minimum Gasteiger partial charge on any atom is -0.386 e. The molecule has 1 aliphatic rings. The number of hydrogen-bond acceptors (Lipinski definition) is 5. The van der Waals surface area contributed by atoms with Gasteiger partial charge in [-0.2, -0.15) is 0 Å². The fraction of sp³-hybridized carbons (Fsp3) is 0.636. The monoisotopic (exact) mass is 257 g/mol. The molecule has 1 aromatic heterocycles. The lowest BCUT2D eigenvalue weighted by atomic mass is 10.0. The summed E-state index contributed by atoms with van der Waals surface area (Å²) in [5, 5.41) is 13.4. The van der Waals surface area contributed by atoms with Crippen molar-refractivity contribution >= 4 is 17.4 Å². The molecule has 0 spiro atoms. The lowest BCUT2D eigenvalue weighted by Crippen LogP contribution is -2.37. The summed E-state index contributed by atoms with van der Waals surface area (Å²) < 4.78 is 5.16. The van der Waals surface area contributed by atoms with Gasteiger partial charge in [0.15, 0.2) is 11.0 Å². The average molecular weight is 258 g/mol. The molecule has 0 radical (unpaired) electrons. The van der Waals surface area contributed by atoms with Crippen molar-refractivity contribution in [1.82, 2.24) is 9.97 Å². The number of hydrogen-bond donors (Lipinski definition) is 2. The highest BCUT2D eigenvalue weighted by molar-refractivity contribution is 6.31. The van der Waals surface area contributed by atoms with Gasteiger partial charge in [-0.15, -0.1) is 0 Å². The van der Waals surface area contributed by atoms with E-state index in [0.717, 1.165) is 11.4 Å². The Morgan fingerprint density at radius 3 is 2.76 bits per heavy atom. The predicted molar refractivity (Wildman–Crippen MR) is 65.4 cm³/mol. The molecule has 0 aromatic carbocycles. The number of halogens is 1. The first kappa shape index (κ1) is 12.5. The van der Waals surface area contributed by atoms with Crippen LogP contribution in [0.5, 0.6) is 0 Å². The lowest BCUT2D eigenvalue weighted by molar-refractivity contribution is 0.0381. The van der Waals surface area contributed by atoms with Gasteiger partial charge in [0.05, 0.1) is 18.0 Å². The molecule has 6 heteroatoms. The van der Waals surface area contributed by atoms with Gasteiger partial charge in [-0.25, -0.2) is 9.97 Å². The molecule has 17 heavy (non-hydrogen) atoms. The number of aromatic nitrogens is 2. The Morgan fingerprint density at radius 2 is 2.12 bits per heavy atom. The van der Waals surface area contributed by atoms with Crippen molar-refractivity contribution in [3.63, 3.8) is 0 Å². The number of aliphatic hydroxyl groups is 1. The van der Waals surface area contributed by atoms with Crippen LogP contribution in [0.4, 0.5) is 5.82 Å². The molecular formula is C11H16ClN3O2. The number of aryl methyl sites for hydroxylation is 2. The number of anilines is 1. The first-order valence-corrected chi connectivity index (χ1v) is 5.93. The zero-order chi connectivity index (χ0) is 12.5. The van der Waals surface area contributed by atoms with Gasteiger partial charge >= 0.3 is 0 Å². The molecule has 0 saturated carbocycles. The molecule has 1 fully saturated rings. The van der Waals surface area contributed by atoms with Crippen LogP contribution < -0.4 is 5.32 Å². The number of nitrogens with zero attached hydrogens (tertiary/aromatic N) is 2. The molecule has 1 unspecified atom stereocenters. The lowest BCUT2D eigenvalue weighted by Gasteiger charge is -2.21. The summed E-state index contributed by atoms with van der Waals surface area (Å²) in [7, 11) is 0. The largest absolute Gasteiger partial charge is 0.386 e. The van der Waals surface area contributed by atoms with E-state index >= 15 is 0 Å². The smallest absolute Gasteiger partial charge is 0.171 e. The second-order valence-electron chi connectivity index (χ2n) is 4.41. The van der Waals surface area contributed by atoms with Crippen LogP contribution in [-0.4, -0.2) is 40.4 Å². The Balaban J connectivity index is 2.06. The number of ether oxygens (including phenoxy) is 1. The van der Waals surface area contributed by atoms with Crippen LogP contribution in [0.2, 0.25) is 5.15 Å². The van der Waals surface area contributed by atoms with Crippen LogP contribution in [0.25, 0.3) is 0 Å². The van der Waals surface area contributed by atoms with Gasteiger partial charge in [-0.3, -0.25) is 0 Å². The minimum absolute atomic E-state index is 0.329. The molecule has 94 valence electrons. The molecule has 0 amide bonds. The standard InChI is InChI=1S/C11H16ClN3O2/c1-7-8(2)15-10(9(12)14-7)13-5-11(16)3-4-17-6-11/h16H,3-6H2,1-2H3,(H,13,15). The molecule has 2 heterocycles. The molecule has 0 aliphatic carbocycles. The highest BCUT2D eigenvalue weighted by atomic mass is 35.5. The van der Waals surface area contributed by atoms with Gasteiger partial charge in [0.1, 0.15) is 5.60 Å². The van der Waals surface area contributed by atoms with Crippen molar-refractivity contribution in [2.45, 2.75) is 25.9 Å². The zero-order valence-electron chi connectivity index (χ0n) is 9.96. The van der Waals surface area contributed by atoms with E-state index in [2.05, 4.69) is 15.3 Å². The van der Waals surface area contributed by atoms with E-state index in [0.29, 0.717) is 37.2 Å². The molecular weight excluding hydrogens is 242 g/mol. The van der Waals surface area contributed by atoms with Gasteiger partial charge in [0.25, 0.3) is 0 Å². The Morgan fingerprint density at radius 1 is 1.41 bits per heavy atom. The average Bonchev–Trinajstić information content (AvgIpc) is 2.69. The van der Waals surface area contributed by atoms with E-state index in [9.17, 15) is 5.11 Å². The summed E-state index contributed by atoms with van der Waals surface area (Å²) >= 11 is 5.98. The van der Waals surface area contributed by atoms with Crippen molar-refractivity contribution < 1.29 is 9.84 Å². The van der Waals surface area contributed by atoms with Crippen LogP contribution in [0.15, 0.2) is 0 Å². The van der Waals surface area contributed by atoms with E-state index in [1.54, 1.807) is 0 Å². The van der Waals surface area contributed by atoms with E-state index in [1.807, 2.05) is 13.8 Å². The maximum absolute atomic E-state index is 10.1. The van der Waals surface area contributed by atoms with Crippen molar-refractivity contribution in [2.24, 2.45) is 0 Å². The molecule has 1 saturated heterocycles. The summed E-state index contributed by atoms with van der Waals surface area (Å²) in [5.41, 5.74) is 0.805. The second-order valence-corrected chi connectivity index (χ2v) is 4.77. The fourth-order valence-corrected chi connectivity index (χ4v) is 1.91. The minimum atomic E-state index is -0.830. The zero-order valence-corrected chi connectivity index (χ0v) is 10.7. The third kappa shape index (κ3) is 2.86. The maximum Gasteiger partial charge on any atom is 0.171 e. The third-order valence-electron chi connectivity index (χ3n) is 2.93. The van der Waals surface area contributed by atoms with Crippen LogP contribution in [0, 0.1) is 13.8 Å². The normalized spacial score (nSPS) is 24.0. The molecule has 1 aliphatic heterocycles. The van der Waals surface area contributed by atoms with Crippen molar-refractivity contribution in [1.29, 1.82) is 0 Å². The quantitative estimate of drug-likeness (QED) is 0.855. The summed E-state index contributed by atoms with van der Waals surface area (Å²) in [4.78, 5) is 8.48. The third-order valence-corrected chi connectivity index (χ3v) is 3.20. The maximum atomic E-state index is 10.1. The van der Waals surface area contributed by atoms with E-state index in [1.165, 1.54) is 0 Å². The van der Waals surface area contributed by atoms with Gasteiger partial charge < -0.3 is 15.2 Å². The molecule has 1 aromatic rings. The summed E-state index contributed by atoms with van der Waals surface area (Å²) in [6.07, 6.45) is 0.621. The van der Waals surface area contributed by atoms with E-state index in [4.69, 9.17) is 16.3 Å². The topological polar surface area (TPSA) is 67.3 Å². The van der Waals surface area contributed by atoms with Crippen molar-refractivity contribution in [3.8, 4) is 0 Å². The fourth-order valence-electron chi connectivity index (χ4n) is 1.67. The van der Waals surface area contributed by atoms with Gasteiger partial charge in [-0.05, 0) is 13.8 Å². The Hall–Kier alpha value is -0.910. The second kappa shape index (κ2) is 4.76. The predicted octanol–water partition coefficient (Wildman–Crippen LogP) is 1.31. The van der Waals surface area contributed by atoms with Crippen molar-refractivity contribution in [2.75, 3.05) is 25.1 Å². The Labute approximate surface area is 105 Å².